The maximum atomic E-state index is 12.5. The Balaban J connectivity index is 2.11. The average Bonchev–Trinajstić information content (AvgIpc) is 2.95. The number of ether oxygens (including phenoxy) is 1. The van der Waals surface area contributed by atoms with E-state index in [-0.39, 0.29) is 5.97 Å². The standard InChI is InChI=1S/C17H23N3O3/c1-5-13-19-20-14(22-13)11-18-15(12-9-7-6-8-10-12)16(21)23-17(2,3)4/h6-10,15,18H,5,11H2,1-4H3/t15-/m1/s1. The molecule has 0 amide bonds. The molecule has 0 saturated carbocycles. The fourth-order valence-electron chi connectivity index (χ4n) is 2.04. The summed E-state index contributed by atoms with van der Waals surface area (Å²) in [5.74, 6) is 0.695. The highest BCUT2D eigenvalue weighted by Crippen LogP contribution is 2.19. The number of aromatic nitrogens is 2. The molecule has 1 aromatic heterocycles. The van der Waals surface area contributed by atoms with Gasteiger partial charge in [0.05, 0.1) is 6.54 Å². The van der Waals surface area contributed by atoms with Gasteiger partial charge in [-0.1, -0.05) is 37.3 Å². The molecule has 0 bridgehead atoms. The minimum absolute atomic E-state index is 0.297. The van der Waals surface area contributed by atoms with Crippen molar-refractivity contribution in [2.24, 2.45) is 0 Å². The summed E-state index contributed by atoms with van der Waals surface area (Å²) in [5, 5.41) is 11.0. The monoisotopic (exact) mass is 317 g/mol. The lowest BCUT2D eigenvalue weighted by molar-refractivity contribution is -0.157. The molecule has 6 heteroatoms. The largest absolute Gasteiger partial charge is 0.459 e. The van der Waals surface area contributed by atoms with E-state index in [1.54, 1.807) is 0 Å². The Hall–Kier alpha value is -2.21. The first-order valence-electron chi connectivity index (χ1n) is 7.71. The van der Waals surface area contributed by atoms with Crippen LogP contribution in [0.1, 0.15) is 51.1 Å². The Morgan fingerprint density at radius 1 is 1.22 bits per heavy atom. The molecule has 0 aliphatic rings. The molecule has 1 N–H and O–H groups in total. The number of carbonyl (C=O) groups excluding carboxylic acids is 1. The first-order chi connectivity index (χ1) is 10.9. The van der Waals surface area contributed by atoms with Gasteiger partial charge >= 0.3 is 5.97 Å². The number of rotatable bonds is 6. The third-order valence-corrected chi connectivity index (χ3v) is 3.04. The molecule has 6 nitrogen and oxygen atoms in total. The normalized spacial score (nSPS) is 12.9. The number of esters is 1. The van der Waals surface area contributed by atoms with E-state index in [1.807, 2.05) is 58.0 Å². The number of hydrogen-bond acceptors (Lipinski definition) is 6. The summed E-state index contributed by atoms with van der Waals surface area (Å²) in [6.07, 6.45) is 0.682. The van der Waals surface area contributed by atoms with Crippen molar-refractivity contribution in [2.45, 2.75) is 52.3 Å². The predicted molar refractivity (Wildman–Crippen MR) is 85.5 cm³/mol. The Labute approximate surface area is 136 Å². The third kappa shape index (κ3) is 5.17. The van der Waals surface area contributed by atoms with E-state index in [0.717, 1.165) is 5.56 Å². The van der Waals surface area contributed by atoms with E-state index in [4.69, 9.17) is 9.15 Å². The van der Waals surface area contributed by atoms with Crippen molar-refractivity contribution in [1.29, 1.82) is 0 Å². The van der Waals surface area contributed by atoms with Crippen LogP contribution in [0.2, 0.25) is 0 Å². The molecule has 0 aliphatic carbocycles. The maximum absolute atomic E-state index is 12.5. The van der Waals surface area contributed by atoms with Gasteiger partial charge in [-0.2, -0.15) is 0 Å². The molecule has 0 fully saturated rings. The smallest absolute Gasteiger partial charge is 0.328 e. The summed E-state index contributed by atoms with van der Waals surface area (Å²) in [4.78, 5) is 12.5. The molecule has 0 saturated heterocycles. The van der Waals surface area contributed by atoms with Crippen LogP contribution in [0.15, 0.2) is 34.7 Å². The first-order valence-corrected chi connectivity index (χ1v) is 7.71. The van der Waals surface area contributed by atoms with Crippen LogP contribution in [0.25, 0.3) is 0 Å². The van der Waals surface area contributed by atoms with Gasteiger partial charge in [0, 0.05) is 6.42 Å². The second-order valence-electron chi connectivity index (χ2n) is 6.20. The summed E-state index contributed by atoms with van der Waals surface area (Å²) >= 11 is 0. The SMILES string of the molecule is CCc1nnc(CN[C@@H](C(=O)OC(C)(C)C)c2ccccc2)o1. The van der Waals surface area contributed by atoms with Crippen molar-refractivity contribution in [3.05, 3.63) is 47.7 Å². The number of nitrogens with one attached hydrogen (secondary N) is 1. The predicted octanol–water partition coefficient (Wildman–Crippen LogP) is 2.80. The molecule has 1 heterocycles. The Morgan fingerprint density at radius 2 is 1.87 bits per heavy atom. The van der Waals surface area contributed by atoms with Crippen molar-refractivity contribution < 1.29 is 13.9 Å². The Kier molecular flexibility index (Phi) is 5.50. The van der Waals surface area contributed by atoms with E-state index in [0.29, 0.717) is 24.7 Å². The van der Waals surface area contributed by atoms with Gasteiger partial charge in [-0.05, 0) is 26.3 Å². The van der Waals surface area contributed by atoms with Crippen LogP contribution in [0.3, 0.4) is 0 Å². The molecule has 0 aliphatic heterocycles. The summed E-state index contributed by atoms with van der Waals surface area (Å²) in [5.41, 5.74) is 0.281. The second kappa shape index (κ2) is 7.37. The van der Waals surface area contributed by atoms with Gasteiger partial charge in [-0.3, -0.25) is 5.32 Å². The first kappa shape index (κ1) is 17.1. The summed E-state index contributed by atoms with van der Waals surface area (Å²) < 4.78 is 11.0. The molecule has 1 aromatic carbocycles. The molecule has 0 radical (unpaired) electrons. The number of carbonyl (C=O) groups is 1. The lowest BCUT2D eigenvalue weighted by atomic mass is 10.1. The summed E-state index contributed by atoms with van der Waals surface area (Å²) in [6, 6.07) is 8.85. The minimum atomic E-state index is -0.590. The average molecular weight is 317 g/mol. The Morgan fingerprint density at radius 3 is 2.43 bits per heavy atom. The fourth-order valence-corrected chi connectivity index (χ4v) is 2.04. The van der Waals surface area contributed by atoms with Crippen LogP contribution in [-0.2, 0) is 22.5 Å². The molecular weight excluding hydrogens is 294 g/mol. The van der Waals surface area contributed by atoms with Gasteiger partial charge in [0.2, 0.25) is 11.8 Å². The maximum Gasteiger partial charge on any atom is 0.328 e. The van der Waals surface area contributed by atoms with Gasteiger partial charge in [0.1, 0.15) is 11.6 Å². The van der Waals surface area contributed by atoms with E-state index in [1.165, 1.54) is 0 Å². The number of nitrogens with zero attached hydrogens (tertiary/aromatic N) is 2. The zero-order valence-electron chi connectivity index (χ0n) is 14.0. The lowest BCUT2D eigenvalue weighted by Crippen LogP contribution is -2.34. The van der Waals surface area contributed by atoms with Gasteiger partial charge < -0.3 is 9.15 Å². The van der Waals surface area contributed by atoms with E-state index >= 15 is 0 Å². The third-order valence-electron chi connectivity index (χ3n) is 3.04. The van der Waals surface area contributed by atoms with E-state index < -0.39 is 11.6 Å². The molecule has 124 valence electrons. The molecule has 23 heavy (non-hydrogen) atoms. The molecule has 2 aromatic rings. The van der Waals surface area contributed by atoms with Crippen molar-refractivity contribution in [3.63, 3.8) is 0 Å². The molecule has 2 rings (SSSR count). The van der Waals surface area contributed by atoms with Gasteiger partial charge in [0.15, 0.2) is 0 Å². The van der Waals surface area contributed by atoms with E-state index in [2.05, 4.69) is 15.5 Å². The van der Waals surface area contributed by atoms with E-state index in [9.17, 15) is 4.79 Å². The van der Waals surface area contributed by atoms with Gasteiger partial charge in [0.25, 0.3) is 0 Å². The quantitative estimate of drug-likeness (QED) is 0.826. The fraction of sp³-hybridized carbons (Fsp3) is 0.471. The lowest BCUT2D eigenvalue weighted by Gasteiger charge is -2.24. The zero-order chi connectivity index (χ0) is 16.9. The number of benzene rings is 1. The highest BCUT2D eigenvalue weighted by atomic mass is 16.6. The summed E-state index contributed by atoms with van der Waals surface area (Å²) in [6.45, 7) is 7.78. The summed E-state index contributed by atoms with van der Waals surface area (Å²) in [7, 11) is 0. The van der Waals surface area contributed by atoms with Crippen LogP contribution in [0.5, 0.6) is 0 Å². The number of hydrogen-bond donors (Lipinski definition) is 1. The topological polar surface area (TPSA) is 77.2 Å². The highest BCUT2D eigenvalue weighted by Gasteiger charge is 2.26. The zero-order valence-corrected chi connectivity index (χ0v) is 14.0. The van der Waals surface area contributed by atoms with Crippen LogP contribution in [0, 0.1) is 0 Å². The van der Waals surface area contributed by atoms with Gasteiger partial charge in [-0.15, -0.1) is 10.2 Å². The van der Waals surface area contributed by atoms with Crippen molar-refractivity contribution in [3.8, 4) is 0 Å². The Bertz CT molecular complexity index is 632. The van der Waals surface area contributed by atoms with Crippen molar-refractivity contribution in [1.82, 2.24) is 15.5 Å². The molecule has 0 spiro atoms. The number of aryl methyl sites for hydroxylation is 1. The van der Waals surface area contributed by atoms with Crippen LogP contribution < -0.4 is 5.32 Å². The highest BCUT2D eigenvalue weighted by molar-refractivity contribution is 5.78. The van der Waals surface area contributed by atoms with Crippen LogP contribution in [0.4, 0.5) is 0 Å². The van der Waals surface area contributed by atoms with Crippen LogP contribution in [-0.4, -0.2) is 21.8 Å². The van der Waals surface area contributed by atoms with Crippen molar-refractivity contribution >= 4 is 5.97 Å². The minimum Gasteiger partial charge on any atom is -0.459 e. The van der Waals surface area contributed by atoms with Crippen LogP contribution >= 0.6 is 0 Å². The molecular formula is C17H23N3O3. The molecule has 0 unspecified atom stereocenters. The second-order valence-corrected chi connectivity index (χ2v) is 6.20. The van der Waals surface area contributed by atoms with Crippen molar-refractivity contribution in [2.75, 3.05) is 0 Å². The van der Waals surface area contributed by atoms with Gasteiger partial charge in [-0.25, -0.2) is 4.79 Å². The molecule has 1 atom stereocenters.